The highest BCUT2D eigenvalue weighted by Gasteiger charge is 2.36. The Morgan fingerprint density at radius 3 is 2.33 bits per heavy atom. The van der Waals surface area contributed by atoms with Crippen LogP contribution in [0.4, 0.5) is 21.6 Å². The molecule has 0 spiro atoms. The molecule has 33 heavy (non-hydrogen) atoms. The van der Waals surface area contributed by atoms with E-state index in [1.807, 2.05) is 0 Å². The van der Waals surface area contributed by atoms with Crippen LogP contribution in [0, 0.1) is 22.5 Å². The standard InChI is InChI=1S/C23H23FN6O3/c1-23(2,15-5-7-16(24)8-6-15)29-13-11-28(12-14-29)20-19-17(9-10-18(25-3)26-19)27(4)22(31)21(20)30(32)33/h5-10H,11-14H2,1-2,4H3. The van der Waals surface area contributed by atoms with E-state index in [-0.39, 0.29) is 28.4 Å². The van der Waals surface area contributed by atoms with Crippen LogP contribution in [-0.2, 0) is 12.6 Å². The summed E-state index contributed by atoms with van der Waals surface area (Å²) in [5, 5.41) is 11.9. The van der Waals surface area contributed by atoms with Gasteiger partial charge in [0.05, 0.1) is 10.4 Å². The molecular formula is C23H23FN6O3. The van der Waals surface area contributed by atoms with Gasteiger partial charge in [-0.2, -0.15) is 0 Å². The van der Waals surface area contributed by atoms with Crippen LogP contribution < -0.4 is 10.5 Å². The van der Waals surface area contributed by atoms with Crippen molar-refractivity contribution in [3.63, 3.8) is 0 Å². The van der Waals surface area contributed by atoms with Gasteiger partial charge < -0.3 is 14.3 Å². The number of benzene rings is 1. The summed E-state index contributed by atoms with van der Waals surface area (Å²) in [4.78, 5) is 35.8. The molecule has 0 bridgehead atoms. The maximum absolute atomic E-state index is 13.4. The molecule has 0 atom stereocenters. The highest BCUT2D eigenvalue weighted by atomic mass is 19.1. The zero-order valence-corrected chi connectivity index (χ0v) is 18.6. The Balaban J connectivity index is 1.74. The summed E-state index contributed by atoms with van der Waals surface area (Å²) < 4.78 is 14.6. The Morgan fingerprint density at radius 1 is 1.12 bits per heavy atom. The number of rotatable bonds is 4. The first kappa shape index (κ1) is 22.4. The minimum atomic E-state index is -0.714. The molecule has 0 amide bonds. The molecule has 1 aliphatic heterocycles. The van der Waals surface area contributed by atoms with Crippen LogP contribution in [0.25, 0.3) is 15.9 Å². The summed E-state index contributed by atoms with van der Waals surface area (Å²) in [5.74, 6) is -0.191. The van der Waals surface area contributed by atoms with E-state index in [2.05, 4.69) is 28.6 Å². The average Bonchev–Trinajstić information content (AvgIpc) is 2.81. The molecule has 0 N–H and O–H groups in total. The van der Waals surface area contributed by atoms with Gasteiger partial charge in [-0.3, -0.25) is 19.8 Å². The molecule has 2 aromatic heterocycles. The van der Waals surface area contributed by atoms with Crippen LogP contribution in [0.3, 0.4) is 0 Å². The summed E-state index contributed by atoms with van der Waals surface area (Å²) in [6.45, 7) is 13.4. The van der Waals surface area contributed by atoms with Crippen LogP contribution in [0.1, 0.15) is 19.4 Å². The number of nitrogens with zero attached hydrogens (tertiary/aromatic N) is 6. The molecule has 10 heteroatoms. The lowest BCUT2D eigenvalue weighted by atomic mass is 9.91. The largest absolute Gasteiger partial charge is 0.361 e. The Hall–Kier alpha value is -3.84. The van der Waals surface area contributed by atoms with Crippen LogP contribution >= 0.6 is 0 Å². The molecule has 0 aliphatic carbocycles. The van der Waals surface area contributed by atoms with E-state index in [9.17, 15) is 19.3 Å². The van der Waals surface area contributed by atoms with E-state index in [0.717, 1.165) is 5.56 Å². The second kappa shape index (κ2) is 8.26. The van der Waals surface area contributed by atoms with Crippen molar-refractivity contribution < 1.29 is 9.31 Å². The number of nitro groups is 1. The van der Waals surface area contributed by atoms with Crippen LogP contribution in [0.15, 0.2) is 41.2 Å². The zero-order valence-electron chi connectivity index (χ0n) is 18.6. The van der Waals surface area contributed by atoms with Crippen LogP contribution in [0.5, 0.6) is 0 Å². The van der Waals surface area contributed by atoms with Crippen molar-refractivity contribution in [3.8, 4) is 0 Å². The number of halogens is 1. The maximum Gasteiger partial charge on any atom is 0.361 e. The number of hydrogen-bond donors (Lipinski definition) is 0. The minimum absolute atomic E-state index is 0.104. The van der Waals surface area contributed by atoms with Crippen LogP contribution in [-0.4, -0.2) is 45.6 Å². The average molecular weight is 450 g/mol. The van der Waals surface area contributed by atoms with E-state index < -0.39 is 16.2 Å². The van der Waals surface area contributed by atoms with Crippen molar-refractivity contribution in [2.45, 2.75) is 19.4 Å². The highest BCUT2D eigenvalue weighted by molar-refractivity contribution is 5.94. The number of pyridine rings is 2. The summed E-state index contributed by atoms with van der Waals surface area (Å²) in [5.41, 5.74) is 0.190. The molecule has 9 nitrogen and oxygen atoms in total. The zero-order chi connectivity index (χ0) is 23.9. The fourth-order valence-electron chi connectivity index (χ4n) is 4.42. The van der Waals surface area contributed by atoms with Gasteiger partial charge in [0.1, 0.15) is 5.82 Å². The molecule has 1 fully saturated rings. The monoisotopic (exact) mass is 450 g/mol. The topological polar surface area (TPSA) is 88.9 Å². The Kier molecular flexibility index (Phi) is 5.59. The van der Waals surface area contributed by atoms with Crippen molar-refractivity contribution in [2.24, 2.45) is 7.05 Å². The number of aryl methyl sites for hydroxylation is 1. The molecule has 0 saturated carbocycles. The normalized spacial score (nSPS) is 14.9. The fourth-order valence-corrected chi connectivity index (χ4v) is 4.42. The van der Waals surface area contributed by atoms with Crippen molar-refractivity contribution in [1.29, 1.82) is 0 Å². The molecule has 1 aromatic carbocycles. The molecule has 1 saturated heterocycles. The third-order valence-corrected chi connectivity index (χ3v) is 6.41. The summed E-state index contributed by atoms with van der Waals surface area (Å²) >= 11 is 0. The number of aromatic nitrogens is 2. The third-order valence-electron chi connectivity index (χ3n) is 6.41. The second-order valence-electron chi connectivity index (χ2n) is 8.51. The lowest BCUT2D eigenvalue weighted by molar-refractivity contribution is -0.385. The van der Waals surface area contributed by atoms with Gasteiger partial charge in [0.15, 0.2) is 5.69 Å². The van der Waals surface area contributed by atoms with E-state index in [4.69, 9.17) is 6.57 Å². The fraction of sp³-hybridized carbons (Fsp3) is 0.348. The van der Waals surface area contributed by atoms with Gasteiger partial charge in [-0.25, -0.2) is 4.39 Å². The Labute approximate surface area is 189 Å². The van der Waals surface area contributed by atoms with Gasteiger partial charge in [-0.15, -0.1) is 4.98 Å². The van der Waals surface area contributed by atoms with E-state index in [1.54, 1.807) is 23.1 Å². The van der Waals surface area contributed by atoms with Crippen molar-refractivity contribution in [1.82, 2.24) is 14.5 Å². The van der Waals surface area contributed by atoms with Gasteiger partial charge in [-0.05, 0) is 43.7 Å². The minimum Gasteiger partial charge on any atom is -0.361 e. The Morgan fingerprint density at radius 2 is 1.76 bits per heavy atom. The highest BCUT2D eigenvalue weighted by Crippen LogP contribution is 2.36. The van der Waals surface area contributed by atoms with E-state index in [1.165, 1.54) is 29.8 Å². The van der Waals surface area contributed by atoms with Gasteiger partial charge in [0.2, 0.25) is 5.52 Å². The van der Waals surface area contributed by atoms with E-state index >= 15 is 0 Å². The van der Waals surface area contributed by atoms with E-state index in [0.29, 0.717) is 31.7 Å². The van der Waals surface area contributed by atoms with Gasteiger partial charge in [0.25, 0.3) is 5.82 Å². The lowest BCUT2D eigenvalue weighted by Crippen LogP contribution is -2.53. The molecule has 0 radical (unpaired) electrons. The first-order valence-corrected chi connectivity index (χ1v) is 10.5. The smallest absolute Gasteiger partial charge is 0.361 e. The molecule has 4 rings (SSSR count). The SMILES string of the molecule is [C-]#[N+]c1ccc2c(n1)c(N1CCN(C(C)(C)c3ccc(F)cc3)CC1)c([N+](=O)[O-])c(=O)n2C. The predicted octanol–water partition coefficient (Wildman–Crippen LogP) is 3.59. The number of anilines is 1. The first-order chi connectivity index (χ1) is 15.6. The molecule has 170 valence electrons. The lowest BCUT2D eigenvalue weighted by Gasteiger charge is -2.44. The molecular weight excluding hydrogens is 427 g/mol. The number of fused-ring (bicyclic) bond motifs is 1. The first-order valence-electron chi connectivity index (χ1n) is 10.5. The summed E-state index contributed by atoms with van der Waals surface area (Å²) in [6, 6.07) is 9.48. The van der Waals surface area contributed by atoms with Crippen LogP contribution in [0.2, 0.25) is 0 Å². The molecule has 0 unspecified atom stereocenters. The van der Waals surface area contributed by atoms with Crippen molar-refractivity contribution in [2.75, 3.05) is 31.1 Å². The summed E-state index contributed by atoms with van der Waals surface area (Å²) in [7, 11) is 1.46. The summed E-state index contributed by atoms with van der Waals surface area (Å²) in [6.07, 6.45) is 0. The van der Waals surface area contributed by atoms with Gasteiger partial charge in [0, 0.05) is 38.8 Å². The predicted molar refractivity (Wildman–Crippen MR) is 123 cm³/mol. The maximum atomic E-state index is 13.4. The number of piperazine rings is 1. The van der Waals surface area contributed by atoms with Gasteiger partial charge in [-0.1, -0.05) is 18.7 Å². The molecule has 3 aromatic rings. The van der Waals surface area contributed by atoms with Gasteiger partial charge >= 0.3 is 11.2 Å². The van der Waals surface area contributed by atoms with Crippen molar-refractivity contribution >= 4 is 28.2 Å². The molecule has 1 aliphatic rings. The Bertz CT molecular complexity index is 1340. The number of hydrogen-bond acceptors (Lipinski definition) is 6. The quantitative estimate of drug-likeness (QED) is 0.343. The van der Waals surface area contributed by atoms with Crippen molar-refractivity contribution in [3.05, 3.63) is 79.7 Å². The second-order valence-corrected chi connectivity index (χ2v) is 8.51. The third kappa shape index (κ3) is 3.81. The molecule has 3 heterocycles.